The third-order valence-corrected chi connectivity index (χ3v) is 3.17. The minimum Gasteiger partial charge on any atom is -0.470 e. The summed E-state index contributed by atoms with van der Waals surface area (Å²) < 4.78 is 11.1. The molecule has 1 saturated heterocycles. The van der Waals surface area contributed by atoms with Crippen LogP contribution in [0.3, 0.4) is 0 Å². The highest BCUT2D eigenvalue weighted by molar-refractivity contribution is 5.68. The fraction of sp³-hybridized carbons (Fsp3) is 0.600. The van der Waals surface area contributed by atoms with Crippen molar-refractivity contribution in [1.29, 1.82) is 5.26 Å². The van der Waals surface area contributed by atoms with Gasteiger partial charge in [0.15, 0.2) is 0 Å². The van der Waals surface area contributed by atoms with E-state index >= 15 is 0 Å². The first-order valence-electron chi connectivity index (χ1n) is 7.45. The van der Waals surface area contributed by atoms with Gasteiger partial charge in [-0.3, -0.25) is 0 Å². The SMILES string of the molecule is CC(C)(C)OC(=O)N1CCCC(Oc2nc(N)cnc2C#N)C1. The second kappa shape index (κ2) is 6.69. The van der Waals surface area contributed by atoms with Gasteiger partial charge in [-0.2, -0.15) is 10.2 Å². The van der Waals surface area contributed by atoms with Crippen LogP contribution >= 0.6 is 0 Å². The molecule has 0 radical (unpaired) electrons. The van der Waals surface area contributed by atoms with Crippen molar-refractivity contribution in [2.24, 2.45) is 0 Å². The predicted molar refractivity (Wildman–Crippen MR) is 82.6 cm³/mol. The van der Waals surface area contributed by atoms with E-state index in [9.17, 15) is 4.79 Å². The zero-order valence-corrected chi connectivity index (χ0v) is 13.6. The zero-order valence-electron chi connectivity index (χ0n) is 13.6. The van der Waals surface area contributed by atoms with Crippen LogP contribution in [-0.2, 0) is 4.74 Å². The molecular weight excluding hydrogens is 298 g/mol. The molecular formula is C15H21N5O3. The number of carbonyl (C=O) groups excluding carboxylic acids is 1. The quantitative estimate of drug-likeness (QED) is 0.882. The predicted octanol–water partition coefficient (Wildman–Crippen LogP) is 1.71. The van der Waals surface area contributed by atoms with Gasteiger partial charge in [0.2, 0.25) is 5.69 Å². The average molecular weight is 319 g/mol. The Balaban J connectivity index is 2.03. The maximum atomic E-state index is 12.1. The maximum absolute atomic E-state index is 12.1. The van der Waals surface area contributed by atoms with Gasteiger partial charge in [-0.05, 0) is 33.6 Å². The molecule has 2 N–H and O–H groups in total. The monoisotopic (exact) mass is 319 g/mol. The van der Waals surface area contributed by atoms with Crippen molar-refractivity contribution in [3.05, 3.63) is 11.9 Å². The number of nitriles is 1. The average Bonchev–Trinajstić information content (AvgIpc) is 2.46. The number of likely N-dealkylation sites (tertiary alicyclic amines) is 1. The van der Waals surface area contributed by atoms with Crippen molar-refractivity contribution < 1.29 is 14.3 Å². The van der Waals surface area contributed by atoms with E-state index < -0.39 is 5.60 Å². The molecule has 0 aromatic carbocycles. The summed E-state index contributed by atoms with van der Waals surface area (Å²) >= 11 is 0. The van der Waals surface area contributed by atoms with E-state index in [-0.39, 0.29) is 29.6 Å². The summed E-state index contributed by atoms with van der Waals surface area (Å²) in [7, 11) is 0. The van der Waals surface area contributed by atoms with E-state index in [0.717, 1.165) is 12.8 Å². The van der Waals surface area contributed by atoms with E-state index in [4.69, 9.17) is 20.5 Å². The Bertz CT molecular complexity index is 621. The second-order valence-electron chi connectivity index (χ2n) is 6.37. The Morgan fingerprint density at radius 3 is 2.91 bits per heavy atom. The standard InChI is InChI=1S/C15H21N5O3/c1-15(2,3)23-14(21)20-6-4-5-10(9-20)22-13-11(7-16)18-8-12(17)19-13/h8,10H,4-6,9H2,1-3H3,(H2,17,19). The highest BCUT2D eigenvalue weighted by Crippen LogP contribution is 2.21. The molecule has 1 amide bonds. The van der Waals surface area contributed by atoms with E-state index in [1.54, 1.807) is 4.90 Å². The summed E-state index contributed by atoms with van der Waals surface area (Å²) in [6.45, 7) is 6.46. The highest BCUT2D eigenvalue weighted by Gasteiger charge is 2.29. The number of hydrogen-bond donors (Lipinski definition) is 1. The molecule has 1 fully saturated rings. The molecule has 0 saturated carbocycles. The van der Waals surface area contributed by atoms with E-state index in [1.807, 2.05) is 26.8 Å². The molecule has 1 aromatic rings. The van der Waals surface area contributed by atoms with Crippen LogP contribution < -0.4 is 10.5 Å². The number of rotatable bonds is 2. The van der Waals surface area contributed by atoms with E-state index in [1.165, 1.54) is 6.20 Å². The highest BCUT2D eigenvalue weighted by atomic mass is 16.6. The lowest BCUT2D eigenvalue weighted by Gasteiger charge is -2.33. The molecule has 0 spiro atoms. The number of amides is 1. The number of hydrogen-bond acceptors (Lipinski definition) is 7. The Morgan fingerprint density at radius 1 is 1.52 bits per heavy atom. The Hall–Kier alpha value is -2.56. The number of nitrogens with two attached hydrogens (primary N) is 1. The molecule has 1 unspecified atom stereocenters. The van der Waals surface area contributed by atoms with Crippen molar-refractivity contribution in [3.63, 3.8) is 0 Å². The molecule has 1 aliphatic rings. The summed E-state index contributed by atoms with van der Waals surface area (Å²) in [5.74, 6) is 0.280. The van der Waals surface area contributed by atoms with Crippen LogP contribution in [0.15, 0.2) is 6.20 Å². The second-order valence-corrected chi connectivity index (χ2v) is 6.37. The first-order chi connectivity index (χ1) is 10.8. The molecule has 1 aliphatic heterocycles. The van der Waals surface area contributed by atoms with Crippen LogP contribution in [-0.4, -0.2) is 45.8 Å². The van der Waals surface area contributed by atoms with Crippen molar-refractivity contribution in [2.75, 3.05) is 18.8 Å². The molecule has 8 nitrogen and oxygen atoms in total. The smallest absolute Gasteiger partial charge is 0.410 e. The van der Waals surface area contributed by atoms with Gasteiger partial charge in [0.05, 0.1) is 12.7 Å². The van der Waals surface area contributed by atoms with Gasteiger partial charge in [-0.25, -0.2) is 9.78 Å². The number of nitrogens with zero attached hydrogens (tertiary/aromatic N) is 4. The lowest BCUT2D eigenvalue weighted by atomic mass is 10.1. The third kappa shape index (κ3) is 4.71. The molecule has 8 heteroatoms. The molecule has 2 rings (SSSR count). The zero-order chi connectivity index (χ0) is 17.0. The van der Waals surface area contributed by atoms with Gasteiger partial charge in [0.1, 0.15) is 23.6 Å². The first-order valence-corrected chi connectivity index (χ1v) is 7.45. The van der Waals surface area contributed by atoms with Crippen LogP contribution in [0.25, 0.3) is 0 Å². The minimum atomic E-state index is -0.543. The van der Waals surface area contributed by atoms with Crippen molar-refractivity contribution >= 4 is 11.9 Å². The fourth-order valence-corrected chi connectivity index (χ4v) is 2.23. The normalized spacial score (nSPS) is 18.2. The van der Waals surface area contributed by atoms with Gasteiger partial charge < -0.3 is 20.1 Å². The van der Waals surface area contributed by atoms with Crippen LogP contribution in [0, 0.1) is 11.3 Å². The molecule has 124 valence electrons. The maximum Gasteiger partial charge on any atom is 0.410 e. The Kier molecular flexibility index (Phi) is 4.89. The van der Waals surface area contributed by atoms with Gasteiger partial charge in [-0.15, -0.1) is 0 Å². The third-order valence-electron chi connectivity index (χ3n) is 3.17. The Labute approximate surface area is 135 Å². The summed E-state index contributed by atoms with van der Waals surface area (Å²) in [6.07, 6.45) is 2.19. The van der Waals surface area contributed by atoms with Gasteiger partial charge in [0.25, 0.3) is 5.88 Å². The molecule has 0 aliphatic carbocycles. The summed E-state index contributed by atoms with van der Waals surface area (Å²) in [5.41, 5.74) is 5.12. The largest absolute Gasteiger partial charge is 0.470 e. The van der Waals surface area contributed by atoms with E-state index in [2.05, 4.69) is 9.97 Å². The topological polar surface area (TPSA) is 114 Å². The summed E-state index contributed by atoms with van der Waals surface area (Å²) in [4.78, 5) is 21.6. The number of ether oxygens (including phenoxy) is 2. The molecule has 1 atom stereocenters. The molecule has 0 bridgehead atoms. The minimum absolute atomic E-state index is 0.0774. The first kappa shape index (κ1) is 16.8. The number of nitrogen functional groups attached to an aromatic ring is 1. The number of carbonyl (C=O) groups is 1. The van der Waals surface area contributed by atoms with Gasteiger partial charge >= 0.3 is 6.09 Å². The summed E-state index contributed by atoms with van der Waals surface area (Å²) in [6, 6.07) is 1.92. The van der Waals surface area contributed by atoms with Crippen molar-refractivity contribution in [1.82, 2.24) is 14.9 Å². The van der Waals surface area contributed by atoms with Gasteiger partial charge in [0, 0.05) is 6.54 Å². The Morgan fingerprint density at radius 2 is 2.26 bits per heavy atom. The van der Waals surface area contributed by atoms with E-state index in [0.29, 0.717) is 13.1 Å². The lowest BCUT2D eigenvalue weighted by Crippen LogP contribution is -2.46. The fourth-order valence-electron chi connectivity index (χ4n) is 2.23. The van der Waals surface area contributed by atoms with Crippen molar-refractivity contribution in [2.45, 2.75) is 45.3 Å². The van der Waals surface area contributed by atoms with Crippen LogP contribution in [0.4, 0.5) is 10.6 Å². The number of anilines is 1. The molecule has 1 aromatic heterocycles. The van der Waals surface area contributed by atoms with Crippen LogP contribution in [0.2, 0.25) is 0 Å². The number of piperidine rings is 1. The molecule has 2 heterocycles. The summed E-state index contributed by atoms with van der Waals surface area (Å²) in [5, 5.41) is 9.05. The molecule has 23 heavy (non-hydrogen) atoms. The van der Waals surface area contributed by atoms with Crippen LogP contribution in [0.1, 0.15) is 39.3 Å². The van der Waals surface area contributed by atoms with Crippen LogP contribution in [0.5, 0.6) is 5.88 Å². The van der Waals surface area contributed by atoms with Crippen molar-refractivity contribution in [3.8, 4) is 11.9 Å². The lowest BCUT2D eigenvalue weighted by molar-refractivity contribution is 0.00716. The number of aromatic nitrogens is 2. The van der Waals surface area contributed by atoms with Gasteiger partial charge in [-0.1, -0.05) is 0 Å².